The van der Waals surface area contributed by atoms with Gasteiger partial charge in [-0.05, 0) is 45.1 Å². The van der Waals surface area contributed by atoms with E-state index in [1.807, 2.05) is 24.4 Å². The van der Waals surface area contributed by atoms with E-state index >= 15 is 0 Å². The van der Waals surface area contributed by atoms with Crippen molar-refractivity contribution in [3.63, 3.8) is 0 Å². The minimum atomic E-state index is 0.822. The molecule has 90 valence electrons. The molecular weight excluding hydrogens is 308 g/mol. The fourth-order valence-corrected chi connectivity index (χ4v) is 3.02. The molecule has 0 unspecified atom stereocenters. The summed E-state index contributed by atoms with van der Waals surface area (Å²) in [6.07, 6.45) is 1.88. The first-order valence-corrected chi connectivity index (χ1v) is 7.30. The summed E-state index contributed by atoms with van der Waals surface area (Å²) in [5.41, 5.74) is 3.36. The van der Waals surface area contributed by atoms with E-state index in [2.05, 4.69) is 49.8 Å². The number of para-hydroxylation sites is 1. The average Bonchev–Trinajstić information content (AvgIpc) is 2.82. The normalized spacial score (nSPS) is 10.7. The maximum absolute atomic E-state index is 4.43. The van der Waals surface area contributed by atoms with Gasteiger partial charge in [0.1, 0.15) is 0 Å². The summed E-state index contributed by atoms with van der Waals surface area (Å²) in [5, 5.41) is 6.70. The Balaban J connectivity index is 1.78. The van der Waals surface area contributed by atoms with Gasteiger partial charge in [0.15, 0.2) is 0 Å². The second-order valence-corrected chi connectivity index (χ2v) is 6.32. The van der Waals surface area contributed by atoms with Crippen molar-refractivity contribution in [3.05, 3.63) is 57.3 Å². The second kappa shape index (κ2) is 5.08. The number of pyridine rings is 1. The Hall–Kier alpha value is -1.39. The summed E-state index contributed by atoms with van der Waals surface area (Å²) >= 11 is 5.17. The zero-order chi connectivity index (χ0) is 12.4. The lowest BCUT2D eigenvalue weighted by Crippen LogP contribution is -1.98. The largest absolute Gasteiger partial charge is 0.380 e. The van der Waals surface area contributed by atoms with Crippen molar-refractivity contribution in [1.29, 1.82) is 0 Å². The number of hydrogen-bond donors (Lipinski definition) is 1. The smallest absolute Gasteiger partial charge is 0.0703 e. The summed E-state index contributed by atoms with van der Waals surface area (Å²) in [6, 6.07) is 12.4. The Morgan fingerprint density at radius 3 is 2.94 bits per heavy atom. The maximum Gasteiger partial charge on any atom is 0.0703 e. The van der Waals surface area contributed by atoms with Crippen molar-refractivity contribution in [2.45, 2.75) is 6.54 Å². The molecule has 0 radical (unpaired) electrons. The second-order valence-electron chi connectivity index (χ2n) is 4.03. The first kappa shape index (κ1) is 11.7. The monoisotopic (exact) mass is 318 g/mol. The molecule has 0 saturated heterocycles. The zero-order valence-electron chi connectivity index (χ0n) is 9.56. The summed E-state index contributed by atoms with van der Waals surface area (Å²) < 4.78 is 1.16. The number of nitrogens with zero attached hydrogens (tertiary/aromatic N) is 1. The first-order valence-electron chi connectivity index (χ1n) is 5.63. The third-order valence-electron chi connectivity index (χ3n) is 2.71. The van der Waals surface area contributed by atoms with Crippen LogP contribution in [0.2, 0.25) is 0 Å². The molecule has 0 atom stereocenters. The van der Waals surface area contributed by atoms with Gasteiger partial charge < -0.3 is 5.32 Å². The highest BCUT2D eigenvalue weighted by atomic mass is 79.9. The van der Waals surface area contributed by atoms with Crippen LogP contribution in [0.25, 0.3) is 10.9 Å². The highest BCUT2D eigenvalue weighted by molar-refractivity contribution is 9.11. The van der Waals surface area contributed by atoms with Gasteiger partial charge in [0.25, 0.3) is 0 Å². The summed E-state index contributed by atoms with van der Waals surface area (Å²) in [4.78, 5) is 4.43. The Labute approximate surface area is 118 Å². The van der Waals surface area contributed by atoms with Gasteiger partial charge in [-0.3, -0.25) is 4.98 Å². The predicted octanol–water partition coefficient (Wildman–Crippen LogP) is 4.67. The summed E-state index contributed by atoms with van der Waals surface area (Å²) in [7, 11) is 0. The van der Waals surface area contributed by atoms with Crippen LogP contribution in [0.15, 0.2) is 51.8 Å². The van der Waals surface area contributed by atoms with Crippen LogP contribution >= 0.6 is 27.3 Å². The number of nitrogens with one attached hydrogen (secondary N) is 1. The molecule has 0 fully saturated rings. The molecule has 1 N–H and O–H groups in total. The molecule has 18 heavy (non-hydrogen) atoms. The number of fused-ring (bicyclic) bond motifs is 1. The van der Waals surface area contributed by atoms with Gasteiger partial charge in [0.05, 0.1) is 21.2 Å². The number of benzene rings is 1. The molecule has 0 amide bonds. The van der Waals surface area contributed by atoms with Crippen molar-refractivity contribution in [1.82, 2.24) is 4.98 Å². The predicted molar refractivity (Wildman–Crippen MR) is 81.1 cm³/mol. The Bertz CT molecular complexity index is 678. The number of anilines is 1. The summed E-state index contributed by atoms with van der Waals surface area (Å²) in [5.74, 6) is 0. The van der Waals surface area contributed by atoms with Crippen LogP contribution in [-0.4, -0.2) is 4.98 Å². The fourth-order valence-electron chi connectivity index (χ4n) is 1.81. The van der Waals surface area contributed by atoms with Crippen LogP contribution < -0.4 is 5.32 Å². The Kier molecular flexibility index (Phi) is 3.30. The molecule has 0 bridgehead atoms. The van der Waals surface area contributed by atoms with Crippen LogP contribution in [-0.2, 0) is 6.54 Å². The van der Waals surface area contributed by atoms with Crippen molar-refractivity contribution < 1.29 is 0 Å². The number of rotatable bonds is 3. The van der Waals surface area contributed by atoms with E-state index in [1.54, 1.807) is 11.3 Å². The molecule has 0 saturated carbocycles. The molecule has 2 heterocycles. The van der Waals surface area contributed by atoms with Crippen molar-refractivity contribution in [2.75, 3.05) is 5.32 Å². The molecule has 4 heteroatoms. The molecule has 2 nitrogen and oxygen atoms in total. The lowest BCUT2D eigenvalue weighted by molar-refractivity contribution is 1.16. The maximum atomic E-state index is 4.43. The van der Waals surface area contributed by atoms with E-state index in [-0.39, 0.29) is 0 Å². The molecule has 2 aromatic heterocycles. The molecule has 1 aromatic carbocycles. The average molecular weight is 319 g/mol. The van der Waals surface area contributed by atoms with Gasteiger partial charge in [0, 0.05) is 11.9 Å². The van der Waals surface area contributed by atoms with Gasteiger partial charge in [-0.15, -0.1) is 11.3 Å². The molecular formula is C14H11BrN2S. The van der Waals surface area contributed by atoms with Gasteiger partial charge in [-0.2, -0.15) is 0 Å². The molecule has 3 rings (SSSR count). The SMILES string of the molecule is Brc1cc(CNc2cnc3ccccc3c2)cs1. The van der Waals surface area contributed by atoms with Crippen molar-refractivity contribution >= 4 is 43.9 Å². The molecule has 0 aliphatic carbocycles. The minimum absolute atomic E-state index is 0.822. The van der Waals surface area contributed by atoms with Crippen molar-refractivity contribution in [3.8, 4) is 0 Å². The molecule has 0 spiro atoms. The van der Waals surface area contributed by atoms with E-state index in [0.29, 0.717) is 0 Å². The van der Waals surface area contributed by atoms with Crippen molar-refractivity contribution in [2.24, 2.45) is 0 Å². The fraction of sp³-hybridized carbons (Fsp3) is 0.0714. The van der Waals surface area contributed by atoms with Gasteiger partial charge in [-0.25, -0.2) is 0 Å². The van der Waals surface area contributed by atoms with Gasteiger partial charge in [0.2, 0.25) is 0 Å². The summed E-state index contributed by atoms with van der Waals surface area (Å²) in [6.45, 7) is 0.822. The quantitative estimate of drug-likeness (QED) is 0.759. The number of hydrogen-bond acceptors (Lipinski definition) is 3. The minimum Gasteiger partial charge on any atom is -0.380 e. The van der Waals surface area contributed by atoms with Crippen LogP contribution in [0.3, 0.4) is 0 Å². The Morgan fingerprint density at radius 1 is 1.22 bits per heavy atom. The van der Waals surface area contributed by atoms with Gasteiger partial charge in [-0.1, -0.05) is 18.2 Å². The highest BCUT2D eigenvalue weighted by Crippen LogP contribution is 2.22. The number of aromatic nitrogens is 1. The lowest BCUT2D eigenvalue weighted by atomic mass is 10.2. The molecule has 0 aliphatic rings. The van der Waals surface area contributed by atoms with E-state index in [9.17, 15) is 0 Å². The molecule has 3 aromatic rings. The van der Waals surface area contributed by atoms with Crippen LogP contribution in [0.5, 0.6) is 0 Å². The standard InChI is InChI=1S/C14H11BrN2S/c15-14-5-10(9-18-14)7-16-12-6-11-3-1-2-4-13(11)17-8-12/h1-6,8-9,16H,7H2. The van der Waals surface area contributed by atoms with Crippen LogP contribution in [0, 0.1) is 0 Å². The van der Waals surface area contributed by atoms with E-state index in [1.165, 1.54) is 5.56 Å². The van der Waals surface area contributed by atoms with E-state index in [4.69, 9.17) is 0 Å². The highest BCUT2D eigenvalue weighted by Gasteiger charge is 1.99. The Morgan fingerprint density at radius 2 is 2.11 bits per heavy atom. The van der Waals surface area contributed by atoms with Crippen LogP contribution in [0.1, 0.15) is 5.56 Å². The lowest BCUT2D eigenvalue weighted by Gasteiger charge is -2.05. The van der Waals surface area contributed by atoms with E-state index in [0.717, 1.165) is 26.9 Å². The third-order valence-corrected chi connectivity index (χ3v) is 4.26. The molecule has 0 aliphatic heterocycles. The first-order chi connectivity index (χ1) is 8.81. The van der Waals surface area contributed by atoms with Crippen LogP contribution in [0.4, 0.5) is 5.69 Å². The number of thiophene rings is 1. The topological polar surface area (TPSA) is 24.9 Å². The number of halogens is 1. The zero-order valence-corrected chi connectivity index (χ0v) is 12.0. The van der Waals surface area contributed by atoms with Gasteiger partial charge >= 0.3 is 0 Å². The van der Waals surface area contributed by atoms with E-state index < -0.39 is 0 Å². The third kappa shape index (κ3) is 2.54.